The number of ether oxygens (including phenoxy) is 3. The quantitative estimate of drug-likeness (QED) is 0.190. The van der Waals surface area contributed by atoms with Crippen LogP contribution in [0, 0.1) is 0 Å². The number of hydrogen-bond acceptors (Lipinski definition) is 13. The summed E-state index contributed by atoms with van der Waals surface area (Å²) < 4.78 is 42.5. The van der Waals surface area contributed by atoms with Crippen LogP contribution in [0.15, 0.2) is 36.7 Å². The predicted octanol–water partition coefficient (Wildman–Crippen LogP) is 1.17. The third-order valence-electron chi connectivity index (χ3n) is 5.65. The van der Waals surface area contributed by atoms with Crippen molar-refractivity contribution in [3.8, 4) is 11.6 Å². The highest BCUT2D eigenvalue weighted by molar-refractivity contribution is 7.52. The van der Waals surface area contributed by atoms with Crippen LogP contribution in [0.5, 0.6) is 11.6 Å². The van der Waals surface area contributed by atoms with Crippen LogP contribution in [0.2, 0.25) is 0 Å². The lowest BCUT2D eigenvalue weighted by Gasteiger charge is -2.25. The van der Waals surface area contributed by atoms with Crippen LogP contribution in [0.3, 0.4) is 0 Å². The number of aromatic nitrogens is 4. The van der Waals surface area contributed by atoms with Crippen LogP contribution < -0.4 is 20.1 Å². The molecule has 0 saturated carbocycles. The number of carbonyl (C=O) groups excluding carboxylic acids is 1. The van der Waals surface area contributed by atoms with Gasteiger partial charge < -0.3 is 34.7 Å². The van der Waals surface area contributed by atoms with E-state index in [1.54, 1.807) is 44.2 Å². The molecule has 1 aliphatic heterocycles. The molecule has 15 nitrogen and oxygen atoms in total. The molecule has 1 unspecified atom stereocenters. The van der Waals surface area contributed by atoms with Crippen molar-refractivity contribution in [3.63, 3.8) is 0 Å². The molecule has 0 amide bonds. The number of imidazole rings is 1. The van der Waals surface area contributed by atoms with Crippen LogP contribution in [0.1, 0.15) is 27.0 Å². The average Bonchev–Trinajstić information content (AvgIpc) is 3.42. The molecule has 1 fully saturated rings. The Balaban J connectivity index is 1.52. The highest BCUT2D eigenvalue weighted by Crippen LogP contribution is 2.46. The number of nitrogens with one attached hydrogen (secondary N) is 1. The van der Waals surface area contributed by atoms with Crippen LogP contribution in [-0.2, 0) is 23.4 Å². The Morgan fingerprint density at radius 1 is 1.21 bits per heavy atom. The van der Waals surface area contributed by atoms with E-state index in [1.807, 2.05) is 0 Å². The smallest absolute Gasteiger partial charge is 0.459 e. The third-order valence-corrected chi connectivity index (χ3v) is 7.29. The second kappa shape index (κ2) is 11.8. The average molecular weight is 567 g/mol. The molecule has 0 bridgehead atoms. The maximum absolute atomic E-state index is 13.7. The molecule has 0 spiro atoms. The zero-order chi connectivity index (χ0) is 28.3. The highest BCUT2D eigenvalue weighted by Gasteiger charge is 2.46. The SMILES string of the molecule is COc1nc(N)nc2c1ncn2[C@@H]1O[C@H](COP(=O)(N[C@H](C)C(=O)OC(C)C)Oc2ccccc2)[C@@H](O)[C@@H]1O. The number of hydrogen-bond donors (Lipinski definition) is 4. The number of nitrogen functional groups attached to an aromatic ring is 1. The fourth-order valence-corrected chi connectivity index (χ4v) is 5.34. The molecule has 212 valence electrons. The van der Waals surface area contributed by atoms with Crippen LogP contribution in [0.4, 0.5) is 5.95 Å². The van der Waals surface area contributed by atoms with Crippen LogP contribution in [0.25, 0.3) is 11.2 Å². The Morgan fingerprint density at radius 3 is 2.59 bits per heavy atom. The fraction of sp³-hybridized carbons (Fsp3) is 0.478. The predicted molar refractivity (Wildman–Crippen MR) is 137 cm³/mol. The Labute approximate surface area is 223 Å². The lowest BCUT2D eigenvalue weighted by atomic mass is 10.1. The van der Waals surface area contributed by atoms with Gasteiger partial charge in [-0.1, -0.05) is 18.2 Å². The van der Waals surface area contributed by atoms with Crippen molar-refractivity contribution < 1.29 is 42.8 Å². The van der Waals surface area contributed by atoms with Crippen molar-refractivity contribution in [2.24, 2.45) is 0 Å². The van der Waals surface area contributed by atoms with E-state index in [-0.39, 0.29) is 28.7 Å². The summed E-state index contributed by atoms with van der Waals surface area (Å²) >= 11 is 0. The highest BCUT2D eigenvalue weighted by atomic mass is 31.2. The number of carbonyl (C=O) groups is 1. The molecule has 1 aromatic carbocycles. The summed E-state index contributed by atoms with van der Waals surface area (Å²) in [5.74, 6) is -0.426. The molecule has 0 aliphatic carbocycles. The number of esters is 1. The number of nitrogens with zero attached hydrogens (tertiary/aromatic N) is 4. The molecular formula is C23H31N6O9P. The largest absolute Gasteiger partial charge is 0.479 e. The minimum atomic E-state index is -4.23. The summed E-state index contributed by atoms with van der Waals surface area (Å²) in [5.41, 5.74) is 6.23. The molecule has 6 atom stereocenters. The molecule has 4 rings (SSSR count). The Bertz CT molecular complexity index is 1340. The topological polar surface area (TPSA) is 202 Å². The molecule has 1 saturated heterocycles. The number of para-hydroxylation sites is 1. The van der Waals surface area contributed by atoms with Gasteiger partial charge in [-0.15, -0.1) is 0 Å². The first-order valence-electron chi connectivity index (χ1n) is 12.0. The summed E-state index contributed by atoms with van der Waals surface area (Å²) in [6.07, 6.45) is -4.27. The maximum Gasteiger partial charge on any atom is 0.459 e. The number of fused-ring (bicyclic) bond motifs is 1. The number of benzene rings is 1. The van der Waals surface area contributed by atoms with E-state index in [1.165, 1.54) is 24.9 Å². The van der Waals surface area contributed by atoms with Gasteiger partial charge in [-0.3, -0.25) is 13.9 Å². The van der Waals surface area contributed by atoms with Gasteiger partial charge in [-0.25, -0.2) is 9.55 Å². The van der Waals surface area contributed by atoms with Crippen molar-refractivity contribution in [1.82, 2.24) is 24.6 Å². The normalized spacial score (nSPS) is 23.5. The van der Waals surface area contributed by atoms with Gasteiger partial charge in [0.15, 0.2) is 17.4 Å². The lowest BCUT2D eigenvalue weighted by molar-refractivity contribution is -0.149. The van der Waals surface area contributed by atoms with E-state index in [9.17, 15) is 19.6 Å². The van der Waals surface area contributed by atoms with E-state index < -0.39 is 57.0 Å². The van der Waals surface area contributed by atoms with E-state index >= 15 is 0 Å². The lowest BCUT2D eigenvalue weighted by Crippen LogP contribution is -2.38. The van der Waals surface area contributed by atoms with Gasteiger partial charge in [0.1, 0.15) is 30.1 Å². The van der Waals surface area contributed by atoms with E-state index in [0.717, 1.165) is 0 Å². The van der Waals surface area contributed by atoms with Crippen molar-refractivity contribution in [2.45, 2.75) is 57.5 Å². The summed E-state index contributed by atoms with van der Waals surface area (Å²) in [4.78, 5) is 24.6. The monoisotopic (exact) mass is 566 g/mol. The fourth-order valence-electron chi connectivity index (χ4n) is 3.84. The molecule has 1 aliphatic rings. The Kier molecular flexibility index (Phi) is 8.69. The minimum Gasteiger partial charge on any atom is -0.479 e. The van der Waals surface area contributed by atoms with Crippen molar-refractivity contribution in [1.29, 1.82) is 0 Å². The molecule has 2 aromatic heterocycles. The summed E-state index contributed by atoms with van der Waals surface area (Å²) in [6.45, 7) is 4.33. The number of anilines is 1. The standard InChI is InChI=1S/C23H31N6O9P/c1-12(2)36-22(32)13(3)28-39(33,38-14-8-6-5-7-9-14)35-10-15-17(30)18(31)21(37-15)29-11-25-16-19(29)26-23(24)27-20(16)34-4/h5-9,11-13,15,17-18,21,30-31H,10H2,1-4H3,(H,28,33)(H2,24,26,27)/t13-,15-,17-,18+,21-,39?/m1/s1. The Hall–Kier alpha value is -3.33. The first-order valence-corrected chi connectivity index (χ1v) is 13.6. The van der Waals surface area contributed by atoms with Crippen molar-refractivity contribution in [2.75, 3.05) is 19.5 Å². The van der Waals surface area contributed by atoms with Gasteiger partial charge in [-0.05, 0) is 32.9 Å². The van der Waals surface area contributed by atoms with Crippen molar-refractivity contribution >= 4 is 30.8 Å². The second-order valence-electron chi connectivity index (χ2n) is 9.00. The summed E-state index contributed by atoms with van der Waals surface area (Å²) in [7, 11) is -2.83. The Morgan fingerprint density at radius 2 is 1.92 bits per heavy atom. The zero-order valence-corrected chi connectivity index (χ0v) is 22.6. The molecule has 39 heavy (non-hydrogen) atoms. The van der Waals surface area contributed by atoms with Gasteiger partial charge in [0.05, 0.1) is 26.1 Å². The van der Waals surface area contributed by atoms with Crippen molar-refractivity contribution in [3.05, 3.63) is 36.7 Å². The number of aliphatic hydroxyl groups is 2. The minimum absolute atomic E-state index is 0.0933. The molecule has 3 heterocycles. The van der Waals surface area contributed by atoms with Gasteiger partial charge in [0, 0.05) is 0 Å². The first-order chi connectivity index (χ1) is 18.5. The molecule has 16 heteroatoms. The number of rotatable bonds is 11. The summed E-state index contributed by atoms with van der Waals surface area (Å²) in [6, 6.07) is 7.13. The van der Waals surface area contributed by atoms with E-state index in [2.05, 4.69) is 20.0 Å². The first kappa shape index (κ1) is 28.7. The maximum atomic E-state index is 13.7. The molecular weight excluding hydrogens is 535 g/mol. The van der Waals surface area contributed by atoms with Crippen LogP contribution in [-0.4, -0.2) is 79.9 Å². The van der Waals surface area contributed by atoms with Gasteiger partial charge in [0.2, 0.25) is 11.8 Å². The third kappa shape index (κ3) is 6.46. The second-order valence-corrected chi connectivity index (χ2v) is 10.7. The van der Waals surface area contributed by atoms with Crippen LogP contribution >= 0.6 is 7.75 Å². The van der Waals surface area contributed by atoms with E-state index in [4.69, 9.17) is 29.0 Å². The summed E-state index contributed by atoms with van der Waals surface area (Å²) in [5, 5.41) is 24.0. The molecule has 5 N–H and O–H groups in total. The number of methoxy groups -OCH3 is 1. The molecule has 3 aromatic rings. The van der Waals surface area contributed by atoms with Gasteiger partial charge in [0.25, 0.3) is 0 Å². The number of aliphatic hydroxyl groups excluding tert-OH is 2. The molecule has 0 radical (unpaired) electrons. The van der Waals surface area contributed by atoms with Gasteiger partial charge >= 0.3 is 13.7 Å². The zero-order valence-electron chi connectivity index (χ0n) is 21.7. The number of nitrogens with two attached hydrogens (primary N) is 1. The van der Waals surface area contributed by atoms with E-state index in [0.29, 0.717) is 0 Å². The van der Waals surface area contributed by atoms with Gasteiger partial charge in [-0.2, -0.15) is 15.1 Å².